The Morgan fingerprint density at radius 3 is 2.75 bits per heavy atom. The van der Waals surface area contributed by atoms with Crippen molar-refractivity contribution in [1.29, 1.82) is 0 Å². The third-order valence-corrected chi connectivity index (χ3v) is 6.36. The Morgan fingerprint density at radius 1 is 1.25 bits per heavy atom. The van der Waals surface area contributed by atoms with Crippen molar-refractivity contribution in [3.05, 3.63) is 45.8 Å². The molecule has 0 saturated carbocycles. The van der Waals surface area contributed by atoms with Gasteiger partial charge in [0.1, 0.15) is 16.9 Å². The van der Waals surface area contributed by atoms with Crippen LogP contribution in [0.5, 0.6) is 5.75 Å². The van der Waals surface area contributed by atoms with E-state index in [4.69, 9.17) is 4.74 Å². The summed E-state index contributed by atoms with van der Waals surface area (Å²) >= 11 is 1.77. The molecule has 2 atom stereocenters. The van der Waals surface area contributed by atoms with Crippen molar-refractivity contribution in [3.8, 4) is 5.75 Å². The highest BCUT2D eigenvalue weighted by atomic mass is 32.1. The van der Waals surface area contributed by atoms with Crippen molar-refractivity contribution in [3.63, 3.8) is 0 Å². The Hall–Kier alpha value is -2.01. The van der Waals surface area contributed by atoms with E-state index in [1.165, 1.54) is 23.3 Å². The first-order valence-electron chi connectivity index (χ1n) is 8.55. The number of ether oxygens (including phenoxy) is 1. The van der Waals surface area contributed by atoms with E-state index < -0.39 is 0 Å². The van der Waals surface area contributed by atoms with Gasteiger partial charge in [0.2, 0.25) is 0 Å². The highest BCUT2D eigenvalue weighted by molar-refractivity contribution is 7.16. The molecule has 2 heterocycles. The van der Waals surface area contributed by atoms with Gasteiger partial charge in [-0.05, 0) is 48.4 Å². The van der Waals surface area contributed by atoms with Crippen molar-refractivity contribution in [2.75, 3.05) is 12.4 Å². The van der Waals surface area contributed by atoms with Crippen LogP contribution in [0, 0.1) is 5.92 Å². The highest BCUT2D eigenvalue weighted by Crippen LogP contribution is 2.43. The van der Waals surface area contributed by atoms with E-state index in [-0.39, 0.29) is 12.1 Å². The van der Waals surface area contributed by atoms with E-state index in [0.717, 1.165) is 40.6 Å². The number of rotatable bonds is 3. The standard InChI is InChI=1S/C19H22N2O2S/c1-3-11-4-9-14-15(10-11)24-19-16(14)18(22)20-17(21-19)12-5-7-13(23-2)8-6-12/h5-8,11,17,21H,3-4,9-10H2,1-2H3,(H,20,22)/t11-,17+/m0/s1. The lowest BCUT2D eigenvalue weighted by Gasteiger charge is -2.27. The lowest BCUT2D eigenvalue weighted by atomic mass is 9.85. The number of thiophene rings is 1. The fourth-order valence-electron chi connectivity index (χ4n) is 3.68. The fraction of sp³-hybridized carbons (Fsp3) is 0.421. The molecule has 0 fully saturated rings. The van der Waals surface area contributed by atoms with Crippen molar-refractivity contribution in [1.82, 2.24) is 5.32 Å². The van der Waals surface area contributed by atoms with Gasteiger partial charge in [-0.2, -0.15) is 0 Å². The molecular formula is C19H22N2O2S. The molecule has 1 aliphatic carbocycles. The number of amides is 1. The molecule has 0 unspecified atom stereocenters. The molecule has 4 nitrogen and oxygen atoms in total. The second-order valence-electron chi connectivity index (χ2n) is 6.55. The zero-order chi connectivity index (χ0) is 16.7. The number of carbonyl (C=O) groups is 1. The SMILES string of the molecule is CC[C@H]1CCc2c(sc3c2C(=O)N[C@@H](c2ccc(OC)cc2)N3)C1. The topological polar surface area (TPSA) is 50.4 Å². The molecule has 24 heavy (non-hydrogen) atoms. The summed E-state index contributed by atoms with van der Waals surface area (Å²) in [5.74, 6) is 1.63. The lowest BCUT2D eigenvalue weighted by molar-refractivity contribution is 0.0935. The third kappa shape index (κ3) is 2.57. The van der Waals surface area contributed by atoms with E-state index in [1.807, 2.05) is 24.3 Å². The average molecular weight is 342 g/mol. The molecule has 1 amide bonds. The van der Waals surface area contributed by atoms with E-state index >= 15 is 0 Å². The van der Waals surface area contributed by atoms with Crippen LogP contribution in [-0.4, -0.2) is 13.0 Å². The summed E-state index contributed by atoms with van der Waals surface area (Å²) in [4.78, 5) is 14.1. The maximum absolute atomic E-state index is 12.7. The van der Waals surface area contributed by atoms with Crippen LogP contribution in [0.1, 0.15) is 52.3 Å². The summed E-state index contributed by atoms with van der Waals surface area (Å²) in [6.07, 6.45) is 4.38. The van der Waals surface area contributed by atoms with Gasteiger partial charge < -0.3 is 15.4 Å². The molecule has 4 rings (SSSR count). The summed E-state index contributed by atoms with van der Waals surface area (Å²) < 4.78 is 5.20. The smallest absolute Gasteiger partial charge is 0.256 e. The van der Waals surface area contributed by atoms with Crippen molar-refractivity contribution in [2.45, 2.75) is 38.8 Å². The van der Waals surface area contributed by atoms with E-state index in [0.29, 0.717) is 0 Å². The molecule has 1 aliphatic heterocycles. The van der Waals surface area contributed by atoms with Gasteiger partial charge in [0.15, 0.2) is 0 Å². The Labute approximate surface area is 146 Å². The van der Waals surface area contributed by atoms with Gasteiger partial charge in [0.05, 0.1) is 12.7 Å². The van der Waals surface area contributed by atoms with Gasteiger partial charge in [-0.1, -0.05) is 25.5 Å². The van der Waals surface area contributed by atoms with Gasteiger partial charge in [-0.15, -0.1) is 11.3 Å². The van der Waals surface area contributed by atoms with E-state index in [9.17, 15) is 4.79 Å². The zero-order valence-corrected chi connectivity index (χ0v) is 14.8. The maximum Gasteiger partial charge on any atom is 0.256 e. The number of anilines is 1. The summed E-state index contributed by atoms with van der Waals surface area (Å²) in [7, 11) is 1.65. The highest BCUT2D eigenvalue weighted by Gasteiger charge is 2.33. The van der Waals surface area contributed by atoms with Gasteiger partial charge in [0, 0.05) is 4.88 Å². The van der Waals surface area contributed by atoms with Crippen LogP contribution in [0.25, 0.3) is 0 Å². The Bertz CT molecular complexity index is 766. The molecule has 0 radical (unpaired) electrons. The molecule has 1 aromatic heterocycles. The minimum Gasteiger partial charge on any atom is -0.497 e. The minimum absolute atomic E-state index is 0.0528. The number of nitrogens with one attached hydrogen (secondary N) is 2. The Balaban J connectivity index is 1.63. The zero-order valence-electron chi connectivity index (χ0n) is 14.0. The van der Waals surface area contributed by atoms with Crippen molar-refractivity contribution >= 4 is 22.2 Å². The first-order valence-corrected chi connectivity index (χ1v) is 9.37. The Morgan fingerprint density at radius 2 is 2.04 bits per heavy atom. The van der Waals surface area contributed by atoms with Crippen molar-refractivity contribution < 1.29 is 9.53 Å². The quantitative estimate of drug-likeness (QED) is 0.882. The largest absolute Gasteiger partial charge is 0.497 e. The van der Waals surface area contributed by atoms with Crippen LogP contribution in [0.4, 0.5) is 5.00 Å². The molecule has 2 aromatic rings. The molecule has 2 aliphatic rings. The molecule has 0 bridgehead atoms. The average Bonchev–Trinajstić information content (AvgIpc) is 2.99. The first-order chi connectivity index (χ1) is 11.7. The summed E-state index contributed by atoms with van der Waals surface area (Å²) in [6, 6.07) is 7.82. The van der Waals surface area contributed by atoms with Gasteiger partial charge in [0.25, 0.3) is 5.91 Å². The normalized spacial score (nSPS) is 22.2. The maximum atomic E-state index is 12.7. The van der Waals surface area contributed by atoms with E-state index in [1.54, 1.807) is 18.4 Å². The molecule has 2 N–H and O–H groups in total. The van der Waals surface area contributed by atoms with Crippen LogP contribution in [-0.2, 0) is 12.8 Å². The molecular weight excluding hydrogens is 320 g/mol. The van der Waals surface area contributed by atoms with Gasteiger partial charge in [-0.3, -0.25) is 4.79 Å². The number of carbonyl (C=O) groups excluding carboxylic acids is 1. The predicted molar refractivity (Wildman–Crippen MR) is 96.9 cm³/mol. The summed E-state index contributed by atoms with van der Waals surface area (Å²) in [5, 5.41) is 7.65. The van der Waals surface area contributed by atoms with Gasteiger partial charge in [-0.25, -0.2) is 0 Å². The lowest BCUT2D eigenvalue weighted by Crippen LogP contribution is -2.38. The van der Waals surface area contributed by atoms with Crippen LogP contribution in [0.3, 0.4) is 0 Å². The van der Waals surface area contributed by atoms with Crippen LogP contribution < -0.4 is 15.4 Å². The molecule has 126 valence electrons. The number of benzene rings is 1. The van der Waals surface area contributed by atoms with Crippen LogP contribution >= 0.6 is 11.3 Å². The molecule has 5 heteroatoms. The number of hydrogen-bond donors (Lipinski definition) is 2. The third-order valence-electron chi connectivity index (χ3n) is 5.17. The number of hydrogen-bond acceptors (Lipinski definition) is 4. The summed E-state index contributed by atoms with van der Waals surface area (Å²) in [5.41, 5.74) is 3.19. The molecule has 0 saturated heterocycles. The Kier molecular flexibility index (Phi) is 3.96. The fourth-order valence-corrected chi connectivity index (χ4v) is 5.07. The molecule has 0 spiro atoms. The number of fused-ring (bicyclic) bond motifs is 3. The van der Waals surface area contributed by atoms with Crippen molar-refractivity contribution in [2.24, 2.45) is 5.92 Å². The monoisotopic (exact) mass is 342 g/mol. The summed E-state index contributed by atoms with van der Waals surface area (Å²) in [6.45, 7) is 2.26. The predicted octanol–water partition coefficient (Wildman–Crippen LogP) is 4.13. The number of methoxy groups -OCH3 is 1. The van der Waals surface area contributed by atoms with Gasteiger partial charge >= 0.3 is 0 Å². The second-order valence-corrected chi connectivity index (χ2v) is 7.65. The minimum atomic E-state index is -0.182. The second kappa shape index (κ2) is 6.13. The van der Waals surface area contributed by atoms with Crippen LogP contribution in [0.15, 0.2) is 24.3 Å². The van der Waals surface area contributed by atoms with E-state index in [2.05, 4.69) is 17.6 Å². The first kappa shape index (κ1) is 15.5. The molecule has 1 aromatic carbocycles. The van der Waals surface area contributed by atoms with Crippen LogP contribution in [0.2, 0.25) is 0 Å².